The van der Waals surface area contributed by atoms with Crippen LogP contribution in [0.25, 0.3) is 10.6 Å². The molecule has 3 aromatic rings. The lowest BCUT2D eigenvalue weighted by Gasteiger charge is -2.10. The Bertz CT molecular complexity index is 1080. The number of sulfonamides is 1. The molecule has 0 aliphatic heterocycles. The molecule has 0 aliphatic rings. The number of hydrogen-bond acceptors (Lipinski definition) is 6. The lowest BCUT2D eigenvalue weighted by atomic mass is 10.1. The first-order chi connectivity index (χ1) is 12.8. The third-order valence-corrected chi connectivity index (χ3v) is 5.12. The molecule has 140 valence electrons. The number of aromatic nitrogens is 2. The van der Waals surface area contributed by atoms with Crippen molar-refractivity contribution < 1.29 is 13.2 Å². The van der Waals surface area contributed by atoms with Gasteiger partial charge in [0.15, 0.2) is 0 Å². The lowest BCUT2D eigenvalue weighted by molar-refractivity contribution is -0.115. The van der Waals surface area contributed by atoms with Gasteiger partial charge in [0.05, 0.1) is 18.4 Å². The number of para-hydroxylation sites is 1. The average molecular weight is 423 g/mol. The van der Waals surface area contributed by atoms with Crippen LogP contribution >= 0.6 is 22.9 Å². The minimum Gasteiger partial charge on any atom is -0.300 e. The molecule has 0 radical (unpaired) electrons. The molecule has 0 saturated heterocycles. The van der Waals surface area contributed by atoms with Gasteiger partial charge in [0.25, 0.3) is 0 Å². The highest BCUT2D eigenvalue weighted by Crippen LogP contribution is 2.28. The van der Waals surface area contributed by atoms with Gasteiger partial charge in [-0.05, 0) is 23.8 Å². The predicted octanol–water partition coefficient (Wildman–Crippen LogP) is 3.41. The number of nitrogens with zero attached hydrogens (tertiary/aromatic N) is 2. The molecule has 7 nitrogen and oxygen atoms in total. The molecule has 2 N–H and O–H groups in total. The highest BCUT2D eigenvalue weighted by molar-refractivity contribution is 7.92. The van der Waals surface area contributed by atoms with E-state index in [4.69, 9.17) is 11.6 Å². The van der Waals surface area contributed by atoms with Crippen molar-refractivity contribution in [1.29, 1.82) is 0 Å². The Morgan fingerprint density at radius 1 is 1.15 bits per heavy atom. The van der Waals surface area contributed by atoms with Crippen LogP contribution in [0.1, 0.15) is 5.56 Å². The molecule has 27 heavy (non-hydrogen) atoms. The van der Waals surface area contributed by atoms with E-state index in [9.17, 15) is 13.2 Å². The van der Waals surface area contributed by atoms with Gasteiger partial charge < -0.3 is 5.32 Å². The van der Waals surface area contributed by atoms with Gasteiger partial charge in [-0.1, -0.05) is 53.3 Å². The highest BCUT2D eigenvalue weighted by atomic mass is 35.5. The van der Waals surface area contributed by atoms with Crippen LogP contribution in [0.5, 0.6) is 0 Å². The maximum atomic E-state index is 12.3. The third kappa shape index (κ3) is 5.49. The fraction of sp³-hybridized carbons (Fsp3) is 0.118. The van der Waals surface area contributed by atoms with Gasteiger partial charge in [-0.25, -0.2) is 8.42 Å². The number of carbonyl (C=O) groups excluding carboxylic acids is 1. The van der Waals surface area contributed by atoms with E-state index in [1.807, 2.05) is 12.1 Å². The minimum atomic E-state index is -3.44. The molecule has 0 spiro atoms. The summed E-state index contributed by atoms with van der Waals surface area (Å²) in [5.74, 6) is -0.327. The summed E-state index contributed by atoms with van der Waals surface area (Å²) in [4.78, 5) is 12.3. The SMILES string of the molecule is CS(=O)(=O)Nc1ccccc1CC(=O)Nc1nnc(-c2cccc(Cl)c2)s1. The molecule has 0 aliphatic carbocycles. The van der Waals surface area contributed by atoms with Crippen molar-refractivity contribution in [3.8, 4) is 10.6 Å². The summed E-state index contributed by atoms with van der Waals surface area (Å²) in [6, 6.07) is 13.9. The number of nitrogens with one attached hydrogen (secondary N) is 2. The molecule has 3 rings (SSSR count). The smallest absolute Gasteiger partial charge is 0.230 e. The normalized spacial score (nSPS) is 11.2. The summed E-state index contributed by atoms with van der Waals surface area (Å²) in [5.41, 5.74) is 1.73. The van der Waals surface area contributed by atoms with E-state index in [2.05, 4.69) is 20.2 Å². The minimum absolute atomic E-state index is 0.00915. The number of halogens is 1. The van der Waals surface area contributed by atoms with E-state index >= 15 is 0 Å². The first-order valence-electron chi connectivity index (χ1n) is 7.75. The Labute approximate surface area is 165 Å². The number of anilines is 2. The Morgan fingerprint density at radius 2 is 1.93 bits per heavy atom. The van der Waals surface area contributed by atoms with E-state index in [-0.39, 0.29) is 12.3 Å². The molecule has 0 atom stereocenters. The van der Waals surface area contributed by atoms with Crippen LogP contribution < -0.4 is 10.0 Å². The maximum absolute atomic E-state index is 12.3. The summed E-state index contributed by atoms with van der Waals surface area (Å²) in [7, 11) is -3.44. The van der Waals surface area contributed by atoms with E-state index < -0.39 is 10.0 Å². The maximum Gasteiger partial charge on any atom is 0.230 e. The monoisotopic (exact) mass is 422 g/mol. The van der Waals surface area contributed by atoms with Gasteiger partial charge in [0.2, 0.25) is 21.1 Å². The summed E-state index contributed by atoms with van der Waals surface area (Å²) in [5, 5.41) is 12.3. The topological polar surface area (TPSA) is 101 Å². The third-order valence-electron chi connectivity index (χ3n) is 3.41. The molecular formula is C17H15ClN4O3S2. The summed E-state index contributed by atoms with van der Waals surface area (Å²) in [6.45, 7) is 0. The second-order valence-electron chi connectivity index (χ2n) is 5.68. The van der Waals surface area contributed by atoms with Crippen LogP contribution in [-0.4, -0.2) is 30.8 Å². The predicted molar refractivity (Wildman–Crippen MR) is 108 cm³/mol. The molecular weight excluding hydrogens is 408 g/mol. The number of rotatable bonds is 6. The van der Waals surface area contributed by atoms with Gasteiger partial charge in [-0.2, -0.15) is 0 Å². The van der Waals surface area contributed by atoms with Gasteiger partial charge in [0, 0.05) is 10.6 Å². The molecule has 1 aromatic heterocycles. The Hall–Kier alpha value is -2.49. The first kappa shape index (κ1) is 19.3. The number of amides is 1. The van der Waals surface area contributed by atoms with E-state index in [0.29, 0.717) is 26.4 Å². The van der Waals surface area contributed by atoms with Crippen LogP contribution in [0.4, 0.5) is 10.8 Å². The van der Waals surface area contributed by atoms with E-state index in [1.54, 1.807) is 36.4 Å². The van der Waals surface area contributed by atoms with Crippen LogP contribution in [0.3, 0.4) is 0 Å². The van der Waals surface area contributed by atoms with Gasteiger partial charge in [-0.3, -0.25) is 9.52 Å². The van der Waals surface area contributed by atoms with Crippen molar-refractivity contribution in [1.82, 2.24) is 10.2 Å². The van der Waals surface area contributed by atoms with Crippen molar-refractivity contribution in [3.63, 3.8) is 0 Å². The van der Waals surface area contributed by atoms with Crippen LogP contribution in [0, 0.1) is 0 Å². The van der Waals surface area contributed by atoms with Crippen LogP contribution in [0.2, 0.25) is 5.02 Å². The Kier molecular flexibility index (Phi) is 5.73. The second kappa shape index (κ2) is 8.03. The number of carbonyl (C=O) groups is 1. The van der Waals surface area contributed by atoms with Crippen LogP contribution in [-0.2, 0) is 21.2 Å². The molecule has 0 saturated carbocycles. The zero-order valence-electron chi connectivity index (χ0n) is 14.1. The Morgan fingerprint density at radius 3 is 2.67 bits per heavy atom. The zero-order valence-corrected chi connectivity index (χ0v) is 16.5. The zero-order chi connectivity index (χ0) is 19.4. The molecule has 0 unspecified atom stereocenters. The fourth-order valence-corrected chi connectivity index (χ4v) is 3.87. The van der Waals surface area contributed by atoms with Crippen LogP contribution in [0.15, 0.2) is 48.5 Å². The second-order valence-corrected chi connectivity index (χ2v) is 8.84. The average Bonchev–Trinajstić information content (AvgIpc) is 3.04. The number of benzene rings is 2. The molecule has 0 fully saturated rings. The standard InChI is InChI=1S/C17H15ClN4O3S2/c1-27(24,25)22-14-8-3-2-5-11(14)10-15(23)19-17-21-20-16(26-17)12-6-4-7-13(18)9-12/h2-9,22H,10H2,1H3,(H,19,21,23). The van der Waals surface area contributed by atoms with Crippen molar-refractivity contribution in [2.24, 2.45) is 0 Å². The molecule has 0 bridgehead atoms. The summed E-state index contributed by atoms with van der Waals surface area (Å²) >= 11 is 7.20. The number of hydrogen-bond donors (Lipinski definition) is 2. The van der Waals surface area contributed by atoms with Crippen molar-refractivity contribution >= 4 is 49.7 Å². The summed E-state index contributed by atoms with van der Waals surface area (Å²) in [6.07, 6.45) is 1.05. The van der Waals surface area contributed by atoms with Gasteiger partial charge in [-0.15, -0.1) is 10.2 Å². The van der Waals surface area contributed by atoms with Crippen molar-refractivity contribution in [3.05, 3.63) is 59.1 Å². The van der Waals surface area contributed by atoms with Gasteiger partial charge >= 0.3 is 0 Å². The van der Waals surface area contributed by atoms with E-state index in [1.165, 1.54) is 11.3 Å². The fourth-order valence-electron chi connectivity index (χ4n) is 2.32. The van der Waals surface area contributed by atoms with Crippen molar-refractivity contribution in [2.45, 2.75) is 6.42 Å². The summed E-state index contributed by atoms with van der Waals surface area (Å²) < 4.78 is 25.3. The molecule has 2 aromatic carbocycles. The van der Waals surface area contributed by atoms with E-state index in [0.717, 1.165) is 11.8 Å². The molecule has 1 amide bonds. The first-order valence-corrected chi connectivity index (χ1v) is 10.8. The largest absolute Gasteiger partial charge is 0.300 e. The molecule has 10 heteroatoms. The van der Waals surface area contributed by atoms with Gasteiger partial charge in [0.1, 0.15) is 5.01 Å². The lowest BCUT2D eigenvalue weighted by Crippen LogP contribution is -2.17. The Balaban J connectivity index is 1.71. The highest BCUT2D eigenvalue weighted by Gasteiger charge is 2.13. The van der Waals surface area contributed by atoms with Crippen molar-refractivity contribution in [2.75, 3.05) is 16.3 Å². The molecule has 1 heterocycles. The quantitative estimate of drug-likeness (QED) is 0.633.